The summed E-state index contributed by atoms with van der Waals surface area (Å²) in [5.74, 6) is 0.549. The zero-order valence-corrected chi connectivity index (χ0v) is 17.0. The maximum absolute atomic E-state index is 12.1. The zero-order chi connectivity index (χ0) is 21.9. The lowest BCUT2D eigenvalue weighted by Gasteiger charge is -2.12. The summed E-state index contributed by atoms with van der Waals surface area (Å²) in [7, 11) is 1.32. The standard InChI is InChI=1S/C23H21N3O4/c1-5-10-16(14-24)19(7-3)29-21-13-22(26-15-25-21)30-20-12-9-8-11-18(20)17(6-2)23(27)28-4/h5-13,15H,3H2,1-2,4H3. The van der Waals surface area contributed by atoms with E-state index in [1.54, 1.807) is 56.3 Å². The Kier molecular flexibility index (Phi) is 8.09. The van der Waals surface area contributed by atoms with Gasteiger partial charge in [-0.15, -0.1) is 0 Å². The van der Waals surface area contributed by atoms with Crippen molar-refractivity contribution in [2.24, 2.45) is 0 Å². The summed E-state index contributed by atoms with van der Waals surface area (Å²) in [6, 6.07) is 10.5. The van der Waals surface area contributed by atoms with Crippen LogP contribution in [0.2, 0.25) is 0 Å². The summed E-state index contributed by atoms with van der Waals surface area (Å²) in [5, 5.41) is 9.27. The summed E-state index contributed by atoms with van der Waals surface area (Å²) >= 11 is 0. The summed E-state index contributed by atoms with van der Waals surface area (Å²) in [4.78, 5) is 20.2. The summed E-state index contributed by atoms with van der Waals surface area (Å²) in [5.41, 5.74) is 1.22. The van der Waals surface area contributed by atoms with Crippen LogP contribution in [0.4, 0.5) is 0 Å². The Bertz CT molecular complexity index is 1060. The lowest BCUT2D eigenvalue weighted by molar-refractivity contribution is -0.133. The van der Waals surface area contributed by atoms with Crippen LogP contribution >= 0.6 is 0 Å². The molecule has 1 heterocycles. The molecule has 0 spiro atoms. The van der Waals surface area contributed by atoms with Crippen LogP contribution < -0.4 is 9.47 Å². The number of carbonyl (C=O) groups is 1. The molecule has 0 unspecified atom stereocenters. The summed E-state index contributed by atoms with van der Waals surface area (Å²) in [6.07, 6.45) is 7.67. The number of para-hydroxylation sites is 1. The van der Waals surface area contributed by atoms with E-state index in [-0.39, 0.29) is 17.5 Å². The van der Waals surface area contributed by atoms with Crippen molar-refractivity contribution in [1.29, 1.82) is 5.26 Å². The first-order chi connectivity index (χ1) is 14.6. The van der Waals surface area contributed by atoms with Gasteiger partial charge < -0.3 is 14.2 Å². The third-order valence-corrected chi connectivity index (χ3v) is 3.82. The van der Waals surface area contributed by atoms with Crippen molar-refractivity contribution in [2.75, 3.05) is 7.11 Å². The number of nitrogens with zero attached hydrogens (tertiary/aromatic N) is 3. The molecule has 30 heavy (non-hydrogen) atoms. The number of rotatable bonds is 8. The second-order valence-corrected chi connectivity index (χ2v) is 5.68. The molecular formula is C23H21N3O4. The van der Waals surface area contributed by atoms with Crippen molar-refractivity contribution in [1.82, 2.24) is 9.97 Å². The van der Waals surface area contributed by atoms with Crippen LogP contribution in [0.25, 0.3) is 5.57 Å². The summed E-state index contributed by atoms with van der Waals surface area (Å²) < 4.78 is 16.4. The fourth-order valence-corrected chi connectivity index (χ4v) is 2.48. The molecule has 0 atom stereocenters. The smallest absolute Gasteiger partial charge is 0.338 e. The topological polar surface area (TPSA) is 94.3 Å². The van der Waals surface area contributed by atoms with Gasteiger partial charge in [-0.3, -0.25) is 0 Å². The van der Waals surface area contributed by atoms with Crippen molar-refractivity contribution in [3.8, 4) is 23.6 Å². The lowest BCUT2D eigenvalue weighted by Crippen LogP contribution is -2.05. The zero-order valence-electron chi connectivity index (χ0n) is 17.0. The number of hydrogen-bond acceptors (Lipinski definition) is 7. The molecule has 0 saturated heterocycles. The highest BCUT2D eigenvalue weighted by Crippen LogP contribution is 2.31. The molecule has 0 aliphatic heterocycles. The molecule has 0 saturated carbocycles. The first kappa shape index (κ1) is 22.1. The maximum Gasteiger partial charge on any atom is 0.338 e. The van der Waals surface area contributed by atoms with Crippen LogP contribution in [0.5, 0.6) is 17.5 Å². The number of nitriles is 1. The third-order valence-electron chi connectivity index (χ3n) is 3.82. The normalized spacial score (nSPS) is 12.0. The van der Waals surface area contributed by atoms with Crippen molar-refractivity contribution < 1.29 is 19.0 Å². The Hall–Kier alpha value is -4.18. The average Bonchev–Trinajstić information content (AvgIpc) is 2.77. The van der Waals surface area contributed by atoms with Gasteiger partial charge in [0.05, 0.1) is 24.3 Å². The van der Waals surface area contributed by atoms with E-state index in [1.807, 2.05) is 6.07 Å². The van der Waals surface area contributed by atoms with Gasteiger partial charge in [0.15, 0.2) is 0 Å². The molecule has 1 aromatic heterocycles. The third kappa shape index (κ3) is 5.42. The maximum atomic E-state index is 12.1. The molecule has 0 N–H and O–H groups in total. The molecule has 1 aromatic carbocycles. The van der Waals surface area contributed by atoms with Gasteiger partial charge in [0.2, 0.25) is 11.8 Å². The number of esters is 1. The number of ether oxygens (including phenoxy) is 3. The van der Waals surface area contributed by atoms with Crippen LogP contribution in [0.15, 0.2) is 78.9 Å². The van der Waals surface area contributed by atoms with Crippen LogP contribution in [-0.4, -0.2) is 23.0 Å². The minimum absolute atomic E-state index is 0.170. The van der Waals surface area contributed by atoms with Gasteiger partial charge in [-0.25, -0.2) is 14.8 Å². The Labute approximate surface area is 175 Å². The number of methoxy groups -OCH3 is 1. The number of aromatic nitrogens is 2. The van der Waals surface area contributed by atoms with Crippen LogP contribution in [0.3, 0.4) is 0 Å². The molecule has 2 aromatic rings. The number of carbonyl (C=O) groups excluding carboxylic acids is 1. The van der Waals surface area contributed by atoms with Crippen LogP contribution in [-0.2, 0) is 9.53 Å². The minimum Gasteiger partial charge on any atom is -0.465 e. The largest absolute Gasteiger partial charge is 0.465 e. The van der Waals surface area contributed by atoms with Crippen LogP contribution in [0.1, 0.15) is 19.4 Å². The van der Waals surface area contributed by atoms with E-state index in [1.165, 1.54) is 25.6 Å². The minimum atomic E-state index is -0.478. The molecule has 0 radical (unpaired) electrons. The first-order valence-corrected chi connectivity index (χ1v) is 8.99. The first-order valence-electron chi connectivity index (χ1n) is 8.99. The van der Waals surface area contributed by atoms with E-state index in [4.69, 9.17) is 14.2 Å². The lowest BCUT2D eigenvalue weighted by atomic mass is 10.0. The highest BCUT2D eigenvalue weighted by molar-refractivity contribution is 6.17. The van der Waals surface area contributed by atoms with Crippen molar-refractivity contribution in [2.45, 2.75) is 13.8 Å². The van der Waals surface area contributed by atoms with E-state index in [0.717, 1.165) is 0 Å². The van der Waals surface area contributed by atoms with Crippen molar-refractivity contribution >= 4 is 11.5 Å². The fraction of sp³-hybridized carbons (Fsp3) is 0.130. The van der Waals surface area contributed by atoms with Gasteiger partial charge >= 0.3 is 5.97 Å². The molecule has 7 nitrogen and oxygen atoms in total. The van der Waals surface area contributed by atoms with Gasteiger partial charge in [-0.05, 0) is 32.1 Å². The van der Waals surface area contributed by atoms with E-state index < -0.39 is 5.97 Å². The molecule has 7 heteroatoms. The van der Waals surface area contributed by atoms with Gasteiger partial charge in [-0.2, -0.15) is 5.26 Å². The molecule has 0 amide bonds. The quantitative estimate of drug-likeness (QED) is 0.206. The van der Waals surface area contributed by atoms with Crippen molar-refractivity contribution in [3.05, 3.63) is 84.4 Å². The van der Waals surface area contributed by atoms with E-state index in [9.17, 15) is 10.1 Å². The molecule has 0 aliphatic rings. The second kappa shape index (κ2) is 11.0. The highest BCUT2D eigenvalue weighted by Gasteiger charge is 2.17. The monoisotopic (exact) mass is 403 g/mol. The molecule has 152 valence electrons. The number of benzene rings is 1. The molecular weight excluding hydrogens is 382 g/mol. The van der Waals surface area contributed by atoms with Crippen molar-refractivity contribution in [3.63, 3.8) is 0 Å². The van der Waals surface area contributed by atoms with Gasteiger partial charge in [0, 0.05) is 5.56 Å². The molecule has 0 bridgehead atoms. The number of hydrogen-bond donors (Lipinski definition) is 0. The number of allylic oxidation sites excluding steroid dienone is 5. The van der Waals surface area contributed by atoms with Crippen LogP contribution in [0, 0.1) is 11.3 Å². The predicted octanol–water partition coefficient (Wildman–Crippen LogP) is 4.76. The van der Waals surface area contributed by atoms with E-state index in [2.05, 4.69) is 16.5 Å². The Balaban J connectivity index is 2.37. The fourth-order valence-electron chi connectivity index (χ4n) is 2.48. The Morgan fingerprint density at radius 3 is 2.57 bits per heavy atom. The van der Waals surface area contributed by atoms with Gasteiger partial charge in [-0.1, -0.05) is 36.9 Å². The summed E-state index contributed by atoms with van der Waals surface area (Å²) in [6.45, 7) is 7.20. The SMILES string of the molecule is C=CC(Oc1cc(Oc2ccccc2C(=CC)C(=O)OC)ncn1)=C(C#N)C=CC. The highest BCUT2D eigenvalue weighted by atomic mass is 16.5. The predicted molar refractivity (Wildman–Crippen MR) is 112 cm³/mol. The molecule has 2 rings (SSSR count). The Morgan fingerprint density at radius 1 is 1.20 bits per heavy atom. The van der Waals surface area contributed by atoms with Gasteiger partial charge in [0.25, 0.3) is 0 Å². The molecule has 0 aliphatic carbocycles. The molecule has 0 fully saturated rings. The van der Waals surface area contributed by atoms with Gasteiger partial charge in [0.1, 0.15) is 23.9 Å². The average molecular weight is 403 g/mol. The van der Waals surface area contributed by atoms with E-state index in [0.29, 0.717) is 22.5 Å². The van der Waals surface area contributed by atoms with E-state index >= 15 is 0 Å². The second-order valence-electron chi connectivity index (χ2n) is 5.68. The Morgan fingerprint density at radius 2 is 1.93 bits per heavy atom.